The van der Waals surface area contributed by atoms with Crippen LogP contribution in [-0.4, -0.2) is 27.0 Å². The lowest BCUT2D eigenvalue weighted by Crippen LogP contribution is -2.54. The fourth-order valence-corrected chi connectivity index (χ4v) is 4.73. The third-order valence-corrected chi connectivity index (χ3v) is 6.21. The molecule has 1 aromatic heterocycles. The van der Waals surface area contributed by atoms with Gasteiger partial charge in [-0.2, -0.15) is 0 Å². The molecule has 0 saturated carbocycles. The van der Waals surface area contributed by atoms with Gasteiger partial charge >= 0.3 is 11.4 Å². The van der Waals surface area contributed by atoms with E-state index in [2.05, 4.69) is 19.2 Å². The molecule has 3 heterocycles. The largest absolute Gasteiger partial charge is 0.348 e. The third kappa shape index (κ3) is 2.67. The molecular weight excluding hydrogens is 328 g/mol. The van der Waals surface area contributed by atoms with Crippen LogP contribution in [0.1, 0.15) is 51.1 Å². The molecule has 1 atom stereocenters. The topological polar surface area (TPSA) is 61.0 Å². The van der Waals surface area contributed by atoms with E-state index >= 15 is 0 Å². The van der Waals surface area contributed by atoms with Gasteiger partial charge in [0, 0.05) is 0 Å². The molecule has 2 aliphatic rings. The van der Waals surface area contributed by atoms with Crippen LogP contribution < -0.4 is 16.7 Å². The lowest BCUT2D eigenvalue weighted by Gasteiger charge is -2.45. The zero-order valence-electron chi connectivity index (χ0n) is 15.6. The summed E-state index contributed by atoms with van der Waals surface area (Å²) in [5.41, 5.74) is 0.464. The monoisotopic (exact) mass is 356 g/mol. The molecule has 6 nitrogen and oxygen atoms in total. The van der Waals surface area contributed by atoms with Gasteiger partial charge in [0.1, 0.15) is 0 Å². The van der Waals surface area contributed by atoms with Crippen molar-refractivity contribution >= 4 is 0 Å². The highest BCUT2D eigenvalue weighted by molar-refractivity contribution is 5.15. The minimum absolute atomic E-state index is 0.0905. The van der Waals surface area contributed by atoms with Gasteiger partial charge in [-0.05, 0) is 50.3 Å². The van der Waals surface area contributed by atoms with Gasteiger partial charge < -0.3 is 5.32 Å². The molecule has 1 aromatic carbocycles. The fourth-order valence-electron chi connectivity index (χ4n) is 4.73. The Morgan fingerprint density at radius 1 is 1.08 bits per heavy atom. The van der Waals surface area contributed by atoms with Crippen molar-refractivity contribution in [1.82, 2.24) is 19.2 Å². The van der Waals surface area contributed by atoms with Crippen molar-refractivity contribution < 1.29 is 0 Å². The average Bonchev–Trinajstić information content (AvgIpc) is 2.90. The van der Waals surface area contributed by atoms with E-state index in [1.54, 1.807) is 4.68 Å². The van der Waals surface area contributed by atoms with E-state index in [9.17, 15) is 9.59 Å². The molecule has 6 heteroatoms. The Hall–Kier alpha value is -2.08. The van der Waals surface area contributed by atoms with E-state index < -0.39 is 0 Å². The lowest BCUT2D eigenvalue weighted by atomic mass is 9.80. The van der Waals surface area contributed by atoms with Gasteiger partial charge in [-0.15, -0.1) is 0 Å². The minimum Gasteiger partial charge on any atom is -0.317 e. The molecular formula is C20H28N4O2. The van der Waals surface area contributed by atoms with Crippen LogP contribution in [-0.2, 0) is 12.1 Å². The molecule has 1 fully saturated rings. The highest BCUT2D eigenvalue weighted by Crippen LogP contribution is 2.39. The second-order valence-electron chi connectivity index (χ2n) is 8.12. The summed E-state index contributed by atoms with van der Waals surface area (Å²) in [6.07, 6.45) is 3.76. The van der Waals surface area contributed by atoms with Crippen LogP contribution in [0.25, 0.3) is 0 Å². The molecule has 2 aromatic rings. The summed E-state index contributed by atoms with van der Waals surface area (Å²) < 4.78 is 5.07. The number of fused-ring (bicyclic) bond motifs is 2. The van der Waals surface area contributed by atoms with Gasteiger partial charge in [-0.1, -0.05) is 44.2 Å². The maximum Gasteiger partial charge on any atom is 0.348 e. The summed E-state index contributed by atoms with van der Waals surface area (Å²) in [5.74, 6) is 0.324. The van der Waals surface area contributed by atoms with Gasteiger partial charge in [-0.25, -0.2) is 23.5 Å². The van der Waals surface area contributed by atoms with Crippen molar-refractivity contribution in [3.63, 3.8) is 0 Å². The molecule has 2 aliphatic heterocycles. The Kier molecular flexibility index (Phi) is 4.39. The van der Waals surface area contributed by atoms with E-state index in [0.29, 0.717) is 12.5 Å². The number of rotatable bonds is 3. The SMILES string of the molecule is CC(C)C1CCC2(CCNCC2)n2c(=O)n(Cc3ccccc3)c(=O)n21. The van der Waals surface area contributed by atoms with Crippen LogP contribution in [0.3, 0.4) is 0 Å². The Labute approximate surface area is 153 Å². The summed E-state index contributed by atoms with van der Waals surface area (Å²) in [4.78, 5) is 26.6. The molecule has 1 saturated heterocycles. The van der Waals surface area contributed by atoms with Crippen molar-refractivity contribution in [3.05, 3.63) is 56.9 Å². The van der Waals surface area contributed by atoms with Gasteiger partial charge in [0.15, 0.2) is 0 Å². The molecule has 0 bridgehead atoms. The van der Waals surface area contributed by atoms with E-state index in [1.807, 2.05) is 35.0 Å². The smallest absolute Gasteiger partial charge is 0.317 e. The number of benzene rings is 1. The standard InChI is InChI=1S/C20H28N4O2/c1-15(2)17-8-9-20(10-12-21-13-11-20)24-19(26)22(18(25)23(17)24)14-16-6-4-3-5-7-16/h3-7,15,17,21H,8-14H2,1-2H3. The van der Waals surface area contributed by atoms with Crippen molar-refractivity contribution in [2.24, 2.45) is 5.92 Å². The lowest BCUT2D eigenvalue weighted by molar-refractivity contribution is 0.0649. The molecule has 1 spiro atoms. The van der Waals surface area contributed by atoms with E-state index in [0.717, 1.165) is 44.3 Å². The molecule has 0 amide bonds. The fraction of sp³-hybridized carbons (Fsp3) is 0.600. The van der Waals surface area contributed by atoms with Gasteiger partial charge in [0.05, 0.1) is 18.1 Å². The molecule has 1 N–H and O–H groups in total. The number of hydrogen-bond donors (Lipinski definition) is 1. The normalized spacial score (nSPS) is 21.9. The van der Waals surface area contributed by atoms with Gasteiger partial charge in [-0.3, -0.25) is 0 Å². The maximum atomic E-state index is 13.4. The van der Waals surface area contributed by atoms with Crippen LogP contribution in [0.4, 0.5) is 0 Å². The Bertz CT molecular complexity index is 885. The highest BCUT2D eigenvalue weighted by atomic mass is 16.2. The minimum atomic E-state index is -0.213. The van der Waals surface area contributed by atoms with Gasteiger partial charge in [0.25, 0.3) is 0 Å². The first kappa shape index (κ1) is 17.3. The maximum absolute atomic E-state index is 13.4. The summed E-state index contributed by atoms with van der Waals surface area (Å²) in [7, 11) is 0. The number of nitrogens with one attached hydrogen (secondary N) is 1. The molecule has 140 valence electrons. The van der Waals surface area contributed by atoms with Crippen LogP contribution in [0, 0.1) is 5.92 Å². The van der Waals surface area contributed by atoms with Crippen LogP contribution in [0.5, 0.6) is 0 Å². The van der Waals surface area contributed by atoms with Crippen molar-refractivity contribution in [2.75, 3.05) is 13.1 Å². The molecule has 0 aliphatic carbocycles. The summed E-state index contributed by atoms with van der Waals surface area (Å²) in [6, 6.07) is 9.86. The van der Waals surface area contributed by atoms with Crippen LogP contribution in [0.15, 0.2) is 39.9 Å². The van der Waals surface area contributed by atoms with Crippen LogP contribution >= 0.6 is 0 Å². The predicted molar refractivity (Wildman–Crippen MR) is 102 cm³/mol. The van der Waals surface area contributed by atoms with Crippen molar-refractivity contribution in [2.45, 2.75) is 57.7 Å². The van der Waals surface area contributed by atoms with Crippen molar-refractivity contribution in [3.8, 4) is 0 Å². The first-order chi connectivity index (χ1) is 12.5. The summed E-state index contributed by atoms with van der Waals surface area (Å²) in [6.45, 7) is 6.42. The van der Waals surface area contributed by atoms with E-state index in [-0.39, 0.29) is 23.0 Å². The molecule has 1 unspecified atom stereocenters. The Balaban J connectivity index is 1.88. The summed E-state index contributed by atoms with van der Waals surface area (Å²) in [5, 5.41) is 3.39. The highest BCUT2D eigenvalue weighted by Gasteiger charge is 2.44. The molecule has 4 rings (SSSR count). The first-order valence-electron chi connectivity index (χ1n) is 9.73. The average molecular weight is 356 g/mol. The predicted octanol–water partition coefficient (Wildman–Crippen LogP) is 1.93. The number of nitrogens with zero attached hydrogens (tertiary/aromatic N) is 3. The van der Waals surface area contributed by atoms with E-state index in [4.69, 9.17) is 0 Å². The van der Waals surface area contributed by atoms with Crippen LogP contribution in [0.2, 0.25) is 0 Å². The Morgan fingerprint density at radius 2 is 1.77 bits per heavy atom. The molecule has 26 heavy (non-hydrogen) atoms. The quantitative estimate of drug-likeness (QED) is 0.914. The third-order valence-electron chi connectivity index (χ3n) is 6.21. The van der Waals surface area contributed by atoms with E-state index in [1.165, 1.54) is 4.57 Å². The second-order valence-corrected chi connectivity index (χ2v) is 8.12. The zero-order chi connectivity index (χ0) is 18.3. The number of hydrogen-bond acceptors (Lipinski definition) is 3. The number of aromatic nitrogens is 3. The molecule has 0 radical (unpaired) electrons. The first-order valence-corrected chi connectivity index (χ1v) is 9.73. The second kappa shape index (κ2) is 6.58. The van der Waals surface area contributed by atoms with Gasteiger partial charge in [0.2, 0.25) is 0 Å². The zero-order valence-corrected chi connectivity index (χ0v) is 15.6. The van der Waals surface area contributed by atoms with Crippen molar-refractivity contribution in [1.29, 1.82) is 0 Å². The Morgan fingerprint density at radius 3 is 2.42 bits per heavy atom. The summed E-state index contributed by atoms with van der Waals surface area (Å²) >= 11 is 0. The number of piperidine rings is 1.